The molecule has 1 heterocycles. The number of rotatable bonds is 3. The maximum atomic E-state index is 12.7. The summed E-state index contributed by atoms with van der Waals surface area (Å²) >= 11 is 5.93. The van der Waals surface area contributed by atoms with Crippen LogP contribution in [0.4, 0.5) is 13.2 Å². The largest absolute Gasteiger partial charge is 0.453 e. The van der Waals surface area contributed by atoms with E-state index >= 15 is 0 Å². The molecule has 1 N–H and O–H groups in total. The Bertz CT molecular complexity index is 607. The van der Waals surface area contributed by atoms with E-state index in [4.69, 9.17) is 16.0 Å². The number of hydrogen-bond acceptors (Lipinski definition) is 2. The summed E-state index contributed by atoms with van der Waals surface area (Å²) in [5.41, 5.74) is 1.30. The summed E-state index contributed by atoms with van der Waals surface area (Å²) in [6.45, 7) is 1.64. The first kappa shape index (κ1) is 14.9. The Morgan fingerprint density at radius 3 is 2.35 bits per heavy atom. The average Bonchev–Trinajstić information content (AvgIpc) is 2.77. The van der Waals surface area contributed by atoms with Crippen molar-refractivity contribution >= 4 is 11.6 Å². The molecule has 1 aromatic carbocycles. The van der Waals surface area contributed by atoms with Crippen LogP contribution in [0.15, 0.2) is 34.9 Å². The van der Waals surface area contributed by atoms with Gasteiger partial charge in [0, 0.05) is 5.56 Å². The molecule has 0 fully saturated rings. The van der Waals surface area contributed by atoms with Crippen LogP contribution >= 0.6 is 11.6 Å². The van der Waals surface area contributed by atoms with Gasteiger partial charge in [-0.05, 0) is 54.9 Å². The molecule has 0 radical (unpaired) electrons. The number of furan rings is 1. The predicted octanol–water partition coefficient (Wildman–Crippen LogP) is 4.57. The number of nitrogens with one attached hydrogen (secondary N) is 1. The first-order chi connectivity index (χ1) is 9.34. The number of hydrogen-bond donors (Lipinski definition) is 1. The maximum absolute atomic E-state index is 12.7. The van der Waals surface area contributed by atoms with E-state index in [2.05, 4.69) is 5.32 Å². The van der Waals surface area contributed by atoms with E-state index in [0.29, 0.717) is 11.1 Å². The molecule has 2 aromatic rings. The molecule has 1 aromatic heterocycles. The second-order valence-electron chi connectivity index (χ2n) is 4.44. The molecule has 1 atom stereocenters. The van der Waals surface area contributed by atoms with Crippen molar-refractivity contribution in [3.8, 4) is 0 Å². The van der Waals surface area contributed by atoms with E-state index in [1.807, 2.05) is 0 Å². The van der Waals surface area contributed by atoms with Crippen LogP contribution < -0.4 is 5.32 Å². The highest BCUT2D eigenvalue weighted by atomic mass is 35.5. The highest BCUT2D eigenvalue weighted by molar-refractivity contribution is 6.29. The second-order valence-corrected chi connectivity index (χ2v) is 4.78. The molecule has 0 amide bonds. The molecule has 0 spiro atoms. The van der Waals surface area contributed by atoms with Gasteiger partial charge in [-0.2, -0.15) is 13.2 Å². The van der Waals surface area contributed by atoms with Gasteiger partial charge in [-0.25, -0.2) is 0 Å². The fourth-order valence-electron chi connectivity index (χ4n) is 2.16. The molecular formula is C14H13ClF3NO. The van der Waals surface area contributed by atoms with Gasteiger partial charge in [0.15, 0.2) is 5.22 Å². The highest BCUT2D eigenvalue weighted by Crippen LogP contribution is 2.34. The molecule has 2 rings (SSSR count). The van der Waals surface area contributed by atoms with Crippen LogP contribution in [-0.4, -0.2) is 7.05 Å². The average molecular weight is 304 g/mol. The summed E-state index contributed by atoms with van der Waals surface area (Å²) in [4.78, 5) is 0. The van der Waals surface area contributed by atoms with Gasteiger partial charge in [-0.15, -0.1) is 0 Å². The van der Waals surface area contributed by atoms with Crippen molar-refractivity contribution < 1.29 is 17.6 Å². The molecular weight excluding hydrogens is 291 g/mol. The minimum Gasteiger partial charge on any atom is -0.453 e. The minimum atomic E-state index is -4.34. The topological polar surface area (TPSA) is 25.2 Å². The normalized spacial score (nSPS) is 13.5. The van der Waals surface area contributed by atoms with Crippen LogP contribution in [0.3, 0.4) is 0 Å². The monoisotopic (exact) mass is 303 g/mol. The highest BCUT2D eigenvalue weighted by Gasteiger charge is 2.31. The molecule has 0 bridgehead atoms. The Hall–Kier alpha value is -1.46. The van der Waals surface area contributed by atoms with E-state index < -0.39 is 11.7 Å². The van der Waals surface area contributed by atoms with Crippen molar-refractivity contribution in [2.24, 2.45) is 0 Å². The molecule has 2 nitrogen and oxygen atoms in total. The van der Waals surface area contributed by atoms with Gasteiger partial charge in [-0.3, -0.25) is 0 Å². The van der Waals surface area contributed by atoms with Crippen molar-refractivity contribution in [3.63, 3.8) is 0 Å². The Kier molecular flexibility index (Phi) is 4.11. The van der Waals surface area contributed by atoms with E-state index in [0.717, 1.165) is 17.7 Å². The molecule has 108 valence electrons. The summed E-state index contributed by atoms with van der Waals surface area (Å²) in [7, 11) is 1.71. The lowest BCUT2D eigenvalue weighted by atomic mass is 9.95. The lowest BCUT2D eigenvalue weighted by molar-refractivity contribution is -0.137. The minimum absolute atomic E-state index is 0.226. The standard InChI is InChI=1S/C14H13ClF3NO/c1-8-7-9(14(16,17)18)3-4-10(8)12(19-2)11-5-6-20-13(11)15/h3-7,12,19H,1-2H3. The molecule has 0 saturated carbocycles. The van der Waals surface area contributed by atoms with Crippen LogP contribution in [0.5, 0.6) is 0 Å². The van der Waals surface area contributed by atoms with Crippen molar-refractivity contribution in [2.45, 2.75) is 19.1 Å². The van der Waals surface area contributed by atoms with E-state index in [-0.39, 0.29) is 11.3 Å². The lowest BCUT2D eigenvalue weighted by Crippen LogP contribution is -2.19. The smallest absolute Gasteiger partial charge is 0.416 e. The van der Waals surface area contributed by atoms with E-state index in [9.17, 15) is 13.2 Å². The third-order valence-electron chi connectivity index (χ3n) is 3.15. The predicted molar refractivity (Wildman–Crippen MR) is 70.8 cm³/mol. The molecule has 0 saturated heterocycles. The zero-order valence-electron chi connectivity index (χ0n) is 10.9. The Labute approximate surface area is 119 Å². The van der Waals surface area contributed by atoms with Gasteiger partial charge in [0.2, 0.25) is 0 Å². The Morgan fingerprint density at radius 2 is 1.90 bits per heavy atom. The van der Waals surface area contributed by atoms with Crippen LogP contribution in [0, 0.1) is 6.92 Å². The van der Waals surface area contributed by atoms with Crippen LogP contribution in [0.25, 0.3) is 0 Å². The van der Waals surface area contributed by atoms with E-state index in [1.165, 1.54) is 12.3 Å². The first-order valence-electron chi connectivity index (χ1n) is 5.92. The number of halogens is 4. The van der Waals surface area contributed by atoms with Crippen molar-refractivity contribution in [3.05, 3.63) is 58.0 Å². The molecule has 0 aliphatic carbocycles. The molecule has 0 aliphatic rings. The van der Waals surface area contributed by atoms with Gasteiger partial charge < -0.3 is 9.73 Å². The SMILES string of the molecule is CNC(c1ccc(C(F)(F)F)cc1C)c1ccoc1Cl. The summed E-state index contributed by atoms with van der Waals surface area (Å²) in [5, 5.41) is 3.26. The van der Waals surface area contributed by atoms with Crippen LogP contribution in [0.2, 0.25) is 5.22 Å². The van der Waals surface area contributed by atoms with Crippen molar-refractivity contribution in [1.82, 2.24) is 5.32 Å². The van der Waals surface area contributed by atoms with Gasteiger partial charge in [0.25, 0.3) is 0 Å². The van der Waals surface area contributed by atoms with Gasteiger partial charge in [0.05, 0.1) is 17.9 Å². The molecule has 6 heteroatoms. The Morgan fingerprint density at radius 1 is 1.20 bits per heavy atom. The molecule has 20 heavy (non-hydrogen) atoms. The fourth-order valence-corrected chi connectivity index (χ4v) is 2.39. The second kappa shape index (κ2) is 5.50. The third-order valence-corrected chi connectivity index (χ3v) is 3.46. The van der Waals surface area contributed by atoms with Gasteiger partial charge >= 0.3 is 6.18 Å². The van der Waals surface area contributed by atoms with Crippen molar-refractivity contribution in [2.75, 3.05) is 7.05 Å². The zero-order valence-corrected chi connectivity index (χ0v) is 11.6. The zero-order chi connectivity index (χ0) is 14.9. The van der Waals surface area contributed by atoms with Crippen LogP contribution in [0.1, 0.15) is 28.3 Å². The van der Waals surface area contributed by atoms with Crippen molar-refractivity contribution in [1.29, 1.82) is 0 Å². The third kappa shape index (κ3) is 2.83. The summed E-state index contributed by atoms with van der Waals surface area (Å²) in [6.07, 6.45) is -2.90. The van der Waals surface area contributed by atoms with Crippen LogP contribution in [-0.2, 0) is 6.18 Å². The quantitative estimate of drug-likeness (QED) is 0.898. The summed E-state index contributed by atoms with van der Waals surface area (Å²) in [5.74, 6) is 0. The number of benzene rings is 1. The lowest BCUT2D eigenvalue weighted by Gasteiger charge is -2.19. The summed E-state index contributed by atoms with van der Waals surface area (Å²) in [6, 6.07) is 5.04. The number of aryl methyl sites for hydroxylation is 1. The first-order valence-corrected chi connectivity index (χ1v) is 6.30. The van der Waals surface area contributed by atoms with Gasteiger partial charge in [0.1, 0.15) is 0 Å². The molecule has 0 aliphatic heterocycles. The fraction of sp³-hybridized carbons (Fsp3) is 0.286. The van der Waals surface area contributed by atoms with E-state index in [1.54, 1.807) is 20.0 Å². The number of alkyl halides is 3. The van der Waals surface area contributed by atoms with Gasteiger partial charge in [-0.1, -0.05) is 6.07 Å². The Balaban J connectivity index is 2.44. The molecule has 1 unspecified atom stereocenters. The maximum Gasteiger partial charge on any atom is 0.416 e. The summed E-state index contributed by atoms with van der Waals surface area (Å²) < 4.78 is 43.0.